The summed E-state index contributed by atoms with van der Waals surface area (Å²) in [5, 5.41) is 5.26. The van der Waals surface area contributed by atoms with Gasteiger partial charge in [-0.05, 0) is 41.3 Å². The summed E-state index contributed by atoms with van der Waals surface area (Å²) in [6.07, 6.45) is 3.34. The SMILES string of the molecule is NC(CCc1ccsc1)c1ncc(Cl)cc1Cl. The van der Waals surface area contributed by atoms with Crippen molar-refractivity contribution in [3.8, 4) is 0 Å². The minimum absolute atomic E-state index is 0.153. The standard InChI is InChI=1S/C12H12Cl2N2S/c13-9-5-10(14)12(16-6-9)11(15)2-1-8-3-4-17-7-8/h3-7,11H,1-2,15H2. The molecule has 2 rings (SSSR count). The molecular formula is C12H12Cl2N2S. The van der Waals surface area contributed by atoms with E-state index in [4.69, 9.17) is 28.9 Å². The lowest BCUT2D eigenvalue weighted by Gasteiger charge is -2.12. The number of hydrogen-bond donors (Lipinski definition) is 1. The third-order valence-electron chi connectivity index (χ3n) is 2.51. The Bertz CT molecular complexity index is 485. The molecule has 90 valence electrons. The number of aromatic nitrogens is 1. The molecule has 0 saturated carbocycles. The van der Waals surface area contributed by atoms with Crippen LogP contribution in [-0.4, -0.2) is 4.98 Å². The molecule has 0 saturated heterocycles. The Morgan fingerprint density at radius 2 is 2.24 bits per heavy atom. The average Bonchev–Trinajstić information content (AvgIpc) is 2.78. The Morgan fingerprint density at radius 3 is 2.88 bits per heavy atom. The molecule has 0 fully saturated rings. The fourth-order valence-corrected chi connectivity index (χ4v) is 2.82. The number of aryl methyl sites for hydroxylation is 1. The van der Waals surface area contributed by atoms with Crippen molar-refractivity contribution in [2.24, 2.45) is 5.73 Å². The predicted molar refractivity (Wildman–Crippen MR) is 73.8 cm³/mol. The quantitative estimate of drug-likeness (QED) is 0.920. The van der Waals surface area contributed by atoms with Gasteiger partial charge in [-0.2, -0.15) is 11.3 Å². The number of nitrogens with two attached hydrogens (primary N) is 1. The van der Waals surface area contributed by atoms with E-state index in [1.54, 1.807) is 23.6 Å². The average molecular weight is 287 g/mol. The number of hydrogen-bond acceptors (Lipinski definition) is 3. The van der Waals surface area contributed by atoms with Crippen LogP contribution in [0.4, 0.5) is 0 Å². The molecule has 1 unspecified atom stereocenters. The van der Waals surface area contributed by atoms with E-state index in [1.807, 2.05) is 0 Å². The summed E-state index contributed by atoms with van der Waals surface area (Å²) >= 11 is 13.5. The third-order valence-corrected chi connectivity index (χ3v) is 3.75. The van der Waals surface area contributed by atoms with E-state index >= 15 is 0 Å². The van der Waals surface area contributed by atoms with Gasteiger partial charge in [-0.1, -0.05) is 23.2 Å². The summed E-state index contributed by atoms with van der Waals surface area (Å²) < 4.78 is 0. The van der Waals surface area contributed by atoms with Gasteiger partial charge in [0.15, 0.2) is 0 Å². The predicted octanol–water partition coefficient (Wildman–Crippen LogP) is 4.08. The number of nitrogens with zero attached hydrogens (tertiary/aromatic N) is 1. The van der Waals surface area contributed by atoms with Crippen molar-refractivity contribution in [2.75, 3.05) is 0 Å². The molecule has 0 aliphatic carbocycles. The maximum absolute atomic E-state index is 6.08. The van der Waals surface area contributed by atoms with Crippen LogP contribution in [-0.2, 0) is 6.42 Å². The number of thiophene rings is 1. The highest BCUT2D eigenvalue weighted by Gasteiger charge is 2.12. The smallest absolute Gasteiger partial charge is 0.0758 e. The molecule has 2 aromatic heterocycles. The maximum Gasteiger partial charge on any atom is 0.0758 e. The van der Waals surface area contributed by atoms with Crippen molar-refractivity contribution in [1.82, 2.24) is 4.98 Å². The van der Waals surface area contributed by atoms with Crippen LogP contribution < -0.4 is 5.73 Å². The molecule has 2 aromatic rings. The molecule has 2 heterocycles. The second kappa shape index (κ2) is 5.83. The summed E-state index contributed by atoms with van der Waals surface area (Å²) in [4.78, 5) is 4.19. The van der Waals surface area contributed by atoms with Gasteiger partial charge in [0.25, 0.3) is 0 Å². The number of rotatable bonds is 4. The van der Waals surface area contributed by atoms with Crippen LogP contribution in [0.1, 0.15) is 23.7 Å². The summed E-state index contributed by atoms with van der Waals surface area (Å²) in [6.45, 7) is 0. The topological polar surface area (TPSA) is 38.9 Å². The highest BCUT2D eigenvalue weighted by atomic mass is 35.5. The maximum atomic E-state index is 6.08. The molecule has 1 atom stereocenters. The van der Waals surface area contributed by atoms with Gasteiger partial charge in [0.2, 0.25) is 0 Å². The van der Waals surface area contributed by atoms with Crippen LogP contribution in [0.3, 0.4) is 0 Å². The Balaban J connectivity index is 2.01. The van der Waals surface area contributed by atoms with Gasteiger partial charge in [0.1, 0.15) is 0 Å². The van der Waals surface area contributed by atoms with E-state index < -0.39 is 0 Å². The first-order valence-electron chi connectivity index (χ1n) is 5.24. The van der Waals surface area contributed by atoms with E-state index in [0.717, 1.165) is 12.8 Å². The first-order chi connectivity index (χ1) is 8.16. The van der Waals surface area contributed by atoms with E-state index in [0.29, 0.717) is 15.7 Å². The molecule has 2 N–H and O–H groups in total. The molecule has 0 aliphatic heterocycles. The fourth-order valence-electron chi connectivity index (χ4n) is 1.59. The van der Waals surface area contributed by atoms with E-state index in [1.165, 1.54) is 5.56 Å². The Labute approximate surface area is 114 Å². The molecule has 17 heavy (non-hydrogen) atoms. The third kappa shape index (κ3) is 3.42. The molecule has 2 nitrogen and oxygen atoms in total. The highest BCUT2D eigenvalue weighted by molar-refractivity contribution is 7.07. The van der Waals surface area contributed by atoms with Crippen molar-refractivity contribution in [2.45, 2.75) is 18.9 Å². The number of halogens is 2. The van der Waals surface area contributed by atoms with Crippen LogP contribution in [0, 0.1) is 0 Å². The van der Waals surface area contributed by atoms with E-state index in [9.17, 15) is 0 Å². The van der Waals surface area contributed by atoms with Crippen molar-refractivity contribution in [1.29, 1.82) is 0 Å². The second-order valence-corrected chi connectivity index (χ2v) is 5.42. The van der Waals surface area contributed by atoms with Crippen LogP contribution in [0.25, 0.3) is 0 Å². The highest BCUT2D eigenvalue weighted by Crippen LogP contribution is 2.25. The second-order valence-electron chi connectivity index (χ2n) is 3.80. The van der Waals surface area contributed by atoms with Gasteiger partial charge in [0.05, 0.1) is 15.7 Å². The zero-order valence-electron chi connectivity index (χ0n) is 9.07. The van der Waals surface area contributed by atoms with Gasteiger partial charge in [-0.3, -0.25) is 4.98 Å². The van der Waals surface area contributed by atoms with Gasteiger partial charge in [-0.15, -0.1) is 0 Å². The molecular weight excluding hydrogens is 275 g/mol. The molecule has 0 radical (unpaired) electrons. The molecule has 0 amide bonds. The van der Waals surface area contributed by atoms with Crippen molar-refractivity contribution in [3.05, 3.63) is 50.4 Å². The summed E-state index contributed by atoms with van der Waals surface area (Å²) in [5.41, 5.74) is 8.09. The Hall–Kier alpha value is -0.610. The van der Waals surface area contributed by atoms with E-state index in [2.05, 4.69) is 21.8 Å². The van der Waals surface area contributed by atoms with Crippen LogP contribution in [0.15, 0.2) is 29.1 Å². The summed E-state index contributed by atoms with van der Waals surface area (Å²) in [5.74, 6) is 0. The zero-order chi connectivity index (χ0) is 12.3. The minimum atomic E-state index is -0.153. The van der Waals surface area contributed by atoms with Gasteiger partial charge >= 0.3 is 0 Å². The van der Waals surface area contributed by atoms with E-state index in [-0.39, 0.29) is 6.04 Å². The van der Waals surface area contributed by atoms with Gasteiger partial charge in [-0.25, -0.2) is 0 Å². The molecule has 5 heteroatoms. The normalized spacial score (nSPS) is 12.6. The lowest BCUT2D eigenvalue weighted by atomic mass is 10.1. The van der Waals surface area contributed by atoms with Crippen LogP contribution in [0.5, 0.6) is 0 Å². The molecule has 0 spiro atoms. The lowest BCUT2D eigenvalue weighted by Crippen LogP contribution is -2.13. The van der Waals surface area contributed by atoms with Crippen molar-refractivity contribution < 1.29 is 0 Å². The summed E-state index contributed by atoms with van der Waals surface area (Å²) in [7, 11) is 0. The minimum Gasteiger partial charge on any atom is -0.323 e. The molecule has 0 aliphatic rings. The van der Waals surface area contributed by atoms with Gasteiger partial charge < -0.3 is 5.73 Å². The van der Waals surface area contributed by atoms with Gasteiger partial charge in [0, 0.05) is 12.2 Å². The van der Waals surface area contributed by atoms with Crippen LogP contribution >= 0.6 is 34.5 Å². The Morgan fingerprint density at radius 1 is 1.41 bits per heavy atom. The fraction of sp³-hybridized carbons (Fsp3) is 0.250. The first kappa shape index (κ1) is 12.8. The lowest BCUT2D eigenvalue weighted by molar-refractivity contribution is 0.634. The molecule has 0 aromatic carbocycles. The first-order valence-corrected chi connectivity index (χ1v) is 6.94. The Kier molecular flexibility index (Phi) is 4.40. The number of pyridine rings is 1. The summed E-state index contributed by atoms with van der Waals surface area (Å²) in [6, 6.07) is 3.63. The largest absolute Gasteiger partial charge is 0.323 e. The monoisotopic (exact) mass is 286 g/mol. The molecule has 0 bridgehead atoms. The van der Waals surface area contributed by atoms with Crippen molar-refractivity contribution in [3.63, 3.8) is 0 Å². The van der Waals surface area contributed by atoms with Crippen LogP contribution in [0.2, 0.25) is 10.0 Å². The van der Waals surface area contributed by atoms with Crippen molar-refractivity contribution >= 4 is 34.5 Å². The zero-order valence-corrected chi connectivity index (χ0v) is 11.4.